The molecule has 26 heavy (non-hydrogen) atoms. The fourth-order valence-electron chi connectivity index (χ4n) is 2.38. The number of hydrogen-bond acceptors (Lipinski definition) is 0. The van der Waals surface area contributed by atoms with Crippen LogP contribution in [0.4, 0.5) is 17.3 Å². The molecule has 3 aromatic carbocycles. The molecule has 0 amide bonds. The Bertz CT molecular complexity index is 894. The van der Waals surface area contributed by atoms with Crippen molar-refractivity contribution in [2.45, 2.75) is 0 Å². The molecule has 0 aliphatic carbocycles. The Balaban J connectivity index is 0.000000431. The van der Waals surface area contributed by atoms with Gasteiger partial charge in [-0.25, -0.2) is 0 Å². The van der Waals surface area contributed by atoms with Gasteiger partial charge in [-0.05, 0) is 0 Å². The zero-order valence-corrected chi connectivity index (χ0v) is 16.3. The van der Waals surface area contributed by atoms with E-state index in [1.165, 1.54) is 0 Å². The molecule has 0 spiro atoms. The molecular weight excluding hydrogens is 453 g/mol. The molecule has 0 heterocycles. The maximum atomic E-state index is 9.75. The van der Waals surface area contributed by atoms with Crippen molar-refractivity contribution in [3.8, 4) is 22.3 Å². The quantitative estimate of drug-likeness (QED) is 0.304. The molecule has 135 valence electrons. The molecule has 0 bridgehead atoms. The fraction of sp³-hybridized carbons (Fsp3) is 0. The normalized spacial score (nSPS) is 10.8. The van der Waals surface area contributed by atoms with Crippen LogP contribution in [0.3, 0.4) is 0 Å². The van der Waals surface area contributed by atoms with Crippen molar-refractivity contribution in [1.29, 1.82) is 0 Å². The van der Waals surface area contributed by atoms with Gasteiger partial charge in [-0.2, -0.15) is 0 Å². The molecule has 0 atom stereocenters. The minimum atomic E-state index is -6.00. The summed E-state index contributed by atoms with van der Waals surface area (Å²) in [7, 11) is -6.00. The van der Waals surface area contributed by atoms with Crippen LogP contribution in [-0.4, -0.2) is 23.3 Å². The summed E-state index contributed by atoms with van der Waals surface area (Å²) in [6.07, 6.45) is 0. The zero-order valence-electron chi connectivity index (χ0n) is 13.1. The van der Waals surface area contributed by atoms with Gasteiger partial charge in [0, 0.05) is 0 Å². The number of halogens is 6. The number of rotatable bonds is 2. The van der Waals surface area contributed by atoms with Crippen LogP contribution in [-0.2, 0) is 0 Å². The SMILES string of the molecule is Clc1ccccc1-c1cccc([Se])c1-c1ccccc1Cl.F[B-](F)(F)F. The van der Waals surface area contributed by atoms with E-state index in [9.17, 15) is 17.3 Å². The van der Waals surface area contributed by atoms with E-state index in [0.717, 1.165) is 36.8 Å². The second-order valence-electron chi connectivity index (χ2n) is 5.13. The predicted molar refractivity (Wildman–Crippen MR) is 103 cm³/mol. The van der Waals surface area contributed by atoms with Crippen molar-refractivity contribution in [3.63, 3.8) is 0 Å². The van der Waals surface area contributed by atoms with Crippen LogP contribution in [0.25, 0.3) is 22.3 Å². The Hall–Kier alpha value is -1.46. The zero-order chi connectivity index (χ0) is 19.3. The van der Waals surface area contributed by atoms with Crippen LogP contribution in [0, 0.1) is 0 Å². The average Bonchev–Trinajstić information content (AvgIpc) is 2.55. The van der Waals surface area contributed by atoms with Crippen LogP contribution in [0.5, 0.6) is 0 Å². The van der Waals surface area contributed by atoms with Crippen molar-refractivity contribution < 1.29 is 17.3 Å². The molecule has 0 N–H and O–H groups in total. The van der Waals surface area contributed by atoms with Gasteiger partial charge in [0.1, 0.15) is 0 Å². The van der Waals surface area contributed by atoms with E-state index in [4.69, 9.17) is 23.2 Å². The Morgan fingerprint density at radius 1 is 0.615 bits per heavy atom. The molecule has 3 aromatic rings. The minimum absolute atomic E-state index is 0.730. The largest absolute Gasteiger partial charge is 0.673 e. The second-order valence-corrected chi connectivity index (χ2v) is 6.87. The first-order chi connectivity index (χ1) is 12.2. The molecule has 0 aliphatic rings. The van der Waals surface area contributed by atoms with Crippen molar-refractivity contribution in [2.75, 3.05) is 0 Å². The summed E-state index contributed by atoms with van der Waals surface area (Å²) in [6, 6.07) is 21.8. The standard InChI is InChI=1S/C18H11Cl2Se.BF4/c19-15-9-3-1-6-12(15)13-8-5-11-17(21)18(13)14-7-2-4-10-16(14)20;2-1(3,4)5/h1-11H;/q;-1. The number of benzene rings is 3. The maximum absolute atomic E-state index is 9.75. The maximum Gasteiger partial charge on any atom is 0.673 e. The molecule has 0 saturated heterocycles. The molecule has 3 rings (SSSR count). The van der Waals surface area contributed by atoms with Crippen LogP contribution in [0.1, 0.15) is 0 Å². The van der Waals surface area contributed by atoms with Gasteiger partial charge in [0.2, 0.25) is 0 Å². The van der Waals surface area contributed by atoms with Gasteiger partial charge < -0.3 is 17.3 Å². The third-order valence-corrected chi connectivity index (χ3v) is 4.71. The molecule has 1 radical (unpaired) electrons. The predicted octanol–water partition coefficient (Wildman–Crippen LogP) is 6.42. The number of hydrogen-bond donors (Lipinski definition) is 0. The van der Waals surface area contributed by atoms with Crippen molar-refractivity contribution in [3.05, 3.63) is 76.8 Å². The van der Waals surface area contributed by atoms with Gasteiger partial charge in [-0.1, -0.05) is 0 Å². The molecule has 8 heteroatoms. The first-order valence-electron chi connectivity index (χ1n) is 7.35. The molecular formula is C18H11BCl2F4Se-. The van der Waals surface area contributed by atoms with Gasteiger partial charge in [-0.15, -0.1) is 0 Å². The molecule has 0 saturated carbocycles. The Kier molecular flexibility index (Phi) is 7.19. The van der Waals surface area contributed by atoms with E-state index in [0.29, 0.717) is 0 Å². The molecule has 0 unspecified atom stereocenters. The minimum Gasteiger partial charge on any atom is -0.418 e. The van der Waals surface area contributed by atoms with E-state index in [1.54, 1.807) is 0 Å². The van der Waals surface area contributed by atoms with Gasteiger partial charge >= 0.3 is 150 Å². The summed E-state index contributed by atoms with van der Waals surface area (Å²) in [5.74, 6) is 0. The molecule has 0 nitrogen and oxygen atoms in total. The van der Waals surface area contributed by atoms with Gasteiger partial charge in [0.05, 0.1) is 0 Å². The average molecular weight is 464 g/mol. The summed E-state index contributed by atoms with van der Waals surface area (Å²) in [5.41, 5.74) is 4.16. The smallest absolute Gasteiger partial charge is 0.418 e. The van der Waals surface area contributed by atoms with Crippen LogP contribution in [0.15, 0.2) is 66.7 Å². The van der Waals surface area contributed by atoms with Crippen molar-refractivity contribution >= 4 is 50.9 Å². The van der Waals surface area contributed by atoms with E-state index in [2.05, 4.69) is 22.1 Å². The van der Waals surface area contributed by atoms with Crippen molar-refractivity contribution in [1.82, 2.24) is 0 Å². The van der Waals surface area contributed by atoms with E-state index in [1.807, 2.05) is 60.7 Å². The first kappa shape index (κ1) is 20.9. The van der Waals surface area contributed by atoms with Gasteiger partial charge in [-0.3, -0.25) is 0 Å². The monoisotopic (exact) mass is 464 g/mol. The van der Waals surface area contributed by atoms with E-state index >= 15 is 0 Å². The molecule has 0 aromatic heterocycles. The third kappa shape index (κ3) is 5.78. The van der Waals surface area contributed by atoms with Gasteiger partial charge in [0.15, 0.2) is 0 Å². The van der Waals surface area contributed by atoms with Crippen molar-refractivity contribution in [2.24, 2.45) is 0 Å². The molecule has 0 aliphatic heterocycles. The fourth-order valence-corrected chi connectivity index (χ4v) is 3.47. The Morgan fingerprint density at radius 3 is 1.54 bits per heavy atom. The molecule has 0 fully saturated rings. The summed E-state index contributed by atoms with van der Waals surface area (Å²) >= 11 is 15.9. The second kappa shape index (κ2) is 8.96. The van der Waals surface area contributed by atoms with Gasteiger partial charge in [0.25, 0.3) is 0 Å². The Morgan fingerprint density at radius 2 is 1.04 bits per heavy atom. The van der Waals surface area contributed by atoms with Crippen LogP contribution in [0.2, 0.25) is 10.0 Å². The van der Waals surface area contributed by atoms with Crippen LogP contribution >= 0.6 is 23.2 Å². The topological polar surface area (TPSA) is 0 Å². The first-order valence-corrected chi connectivity index (χ1v) is 8.97. The Labute approximate surface area is 167 Å². The summed E-state index contributed by atoms with van der Waals surface area (Å²) in [5, 5.41) is 1.46. The van der Waals surface area contributed by atoms with E-state index < -0.39 is 7.25 Å². The van der Waals surface area contributed by atoms with Crippen LogP contribution < -0.4 is 4.46 Å². The summed E-state index contributed by atoms with van der Waals surface area (Å²) in [4.78, 5) is 0. The summed E-state index contributed by atoms with van der Waals surface area (Å²) < 4.78 is 40.1. The third-order valence-electron chi connectivity index (χ3n) is 3.33. The van der Waals surface area contributed by atoms with E-state index in [-0.39, 0.29) is 0 Å². The summed E-state index contributed by atoms with van der Waals surface area (Å²) in [6.45, 7) is 0.